The second-order valence-electron chi connectivity index (χ2n) is 4.74. The smallest absolute Gasteiger partial charge is 0.205 e. The molecule has 0 aliphatic carbocycles. The Kier molecular flexibility index (Phi) is 5.50. The van der Waals surface area contributed by atoms with Crippen molar-refractivity contribution in [1.29, 1.82) is 0 Å². The molecule has 0 aromatic carbocycles. The lowest BCUT2D eigenvalue weighted by molar-refractivity contribution is 0.0721. The van der Waals surface area contributed by atoms with Crippen LogP contribution in [0.25, 0.3) is 0 Å². The molecule has 1 aromatic heterocycles. The first-order valence-electron chi connectivity index (χ1n) is 6.54. The Balaban J connectivity index is 2.02. The molecule has 0 amide bonds. The van der Waals surface area contributed by atoms with E-state index in [0.717, 1.165) is 23.9 Å². The van der Waals surface area contributed by atoms with E-state index in [1.165, 1.54) is 11.5 Å². The average molecular weight is 287 g/mol. The fourth-order valence-electron chi connectivity index (χ4n) is 2.15. The molecule has 0 radical (unpaired) electrons. The predicted molar refractivity (Wildman–Crippen MR) is 73.7 cm³/mol. The number of anilines is 1. The fourth-order valence-corrected chi connectivity index (χ4v) is 2.96. The molecule has 2 rings (SSSR count). The lowest BCUT2D eigenvalue weighted by Gasteiger charge is -2.35. The van der Waals surface area contributed by atoms with Crippen LogP contribution in [-0.4, -0.2) is 60.1 Å². The zero-order valence-corrected chi connectivity index (χ0v) is 12.2. The summed E-state index contributed by atoms with van der Waals surface area (Å²) in [4.78, 5) is 6.74. The summed E-state index contributed by atoms with van der Waals surface area (Å²) in [5.41, 5.74) is 0. The van der Waals surface area contributed by atoms with Gasteiger partial charge in [-0.3, -0.25) is 0 Å². The molecule has 0 bridgehead atoms. The molecule has 108 valence electrons. The highest BCUT2D eigenvalue weighted by Gasteiger charge is 2.27. The van der Waals surface area contributed by atoms with Crippen molar-refractivity contribution in [3.05, 3.63) is 5.82 Å². The Morgan fingerprint density at radius 3 is 3.21 bits per heavy atom. The summed E-state index contributed by atoms with van der Waals surface area (Å²) in [5.74, 6) is 0.823. The van der Waals surface area contributed by atoms with E-state index >= 15 is 0 Å². The van der Waals surface area contributed by atoms with Crippen LogP contribution >= 0.6 is 11.5 Å². The summed E-state index contributed by atoms with van der Waals surface area (Å²) < 4.78 is 14.9. The van der Waals surface area contributed by atoms with Gasteiger partial charge >= 0.3 is 0 Å². The van der Waals surface area contributed by atoms with Crippen LogP contribution in [0.1, 0.15) is 19.2 Å². The molecule has 6 nitrogen and oxygen atoms in total. The summed E-state index contributed by atoms with van der Waals surface area (Å²) in [6, 6.07) is 0.178. The molecular weight excluding hydrogens is 266 g/mol. The maximum atomic E-state index is 9.56. The largest absolute Gasteiger partial charge is 0.393 e. The molecule has 2 heterocycles. The van der Waals surface area contributed by atoms with Crippen LogP contribution in [-0.2, 0) is 15.9 Å². The fraction of sp³-hybridized carbons (Fsp3) is 0.833. The average Bonchev–Trinajstić information content (AvgIpc) is 2.85. The Bertz CT molecular complexity index is 386. The number of nitrogens with zero attached hydrogens (tertiary/aromatic N) is 3. The van der Waals surface area contributed by atoms with Gasteiger partial charge in [0.05, 0.1) is 32.0 Å². The molecule has 1 saturated heterocycles. The molecule has 1 N–H and O–H groups in total. The minimum atomic E-state index is -0.338. The molecule has 1 fully saturated rings. The van der Waals surface area contributed by atoms with E-state index in [1.807, 2.05) is 0 Å². The zero-order valence-electron chi connectivity index (χ0n) is 11.4. The van der Waals surface area contributed by atoms with Crippen LogP contribution in [0, 0.1) is 0 Å². The number of aliphatic hydroxyl groups excluding tert-OH is 1. The van der Waals surface area contributed by atoms with Crippen LogP contribution in [0.15, 0.2) is 0 Å². The van der Waals surface area contributed by atoms with E-state index in [9.17, 15) is 5.11 Å². The van der Waals surface area contributed by atoms with Crippen molar-refractivity contribution in [2.75, 3.05) is 38.4 Å². The van der Waals surface area contributed by atoms with Crippen molar-refractivity contribution in [3.8, 4) is 0 Å². The lowest BCUT2D eigenvalue weighted by Crippen LogP contribution is -2.46. The molecular formula is C12H21N3O3S. The van der Waals surface area contributed by atoms with Gasteiger partial charge in [-0.25, -0.2) is 4.98 Å². The number of hydrogen-bond acceptors (Lipinski definition) is 7. The van der Waals surface area contributed by atoms with Crippen LogP contribution in [0.5, 0.6) is 0 Å². The minimum absolute atomic E-state index is 0.178. The number of rotatable bonds is 6. The number of methoxy groups -OCH3 is 1. The Labute approximate surface area is 117 Å². The van der Waals surface area contributed by atoms with E-state index in [1.54, 1.807) is 14.0 Å². The summed E-state index contributed by atoms with van der Waals surface area (Å²) in [7, 11) is 1.67. The van der Waals surface area contributed by atoms with Crippen LogP contribution < -0.4 is 4.90 Å². The monoisotopic (exact) mass is 287 g/mol. The molecule has 7 heteroatoms. The van der Waals surface area contributed by atoms with Crippen molar-refractivity contribution in [2.24, 2.45) is 0 Å². The van der Waals surface area contributed by atoms with Gasteiger partial charge in [0.2, 0.25) is 5.13 Å². The standard InChI is InChI=1S/C12H21N3O3S/c1-9(16)7-10-8-18-6-4-15(10)12-13-11(14-19-12)3-5-17-2/h9-10,16H,3-8H2,1-2H3. The first-order chi connectivity index (χ1) is 9.20. The van der Waals surface area contributed by atoms with Crippen LogP contribution in [0.4, 0.5) is 5.13 Å². The number of hydrogen-bond donors (Lipinski definition) is 1. The third-order valence-electron chi connectivity index (χ3n) is 3.07. The first kappa shape index (κ1) is 14.6. The topological polar surface area (TPSA) is 67.7 Å². The number of aromatic nitrogens is 2. The molecule has 1 aliphatic rings. The number of morpholine rings is 1. The van der Waals surface area contributed by atoms with Gasteiger partial charge in [-0.05, 0) is 13.3 Å². The van der Waals surface area contributed by atoms with E-state index in [0.29, 0.717) is 26.2 Å². The van der Waals surface area contributed by atoms with Gasteiger partial charge in [0.15, 0.2) is 0 Å². The van der Waals surface area contributed by atoms with Crippen molar-refractivity contribution < 1.29 is 14.6 Å². The molecule has 19 heavy (non-hydrogen) atoms. The third kappa shape index (κ3) is 4.10. The minimum Gasteiger partial charge on any atom is -0.393 e. The van der Waals surface area contributed by atoms with E-state index in [-0.39, 0.29) is 12.1 Å². The highest BCUT2D eigenvalue weighted by molar-refractivity contribution is 7.09. The van der Waals surface area contributed by atoms with Gasteiger partial charge in [0.25, 0.3) is 0 Å². The van der Waals surface area contributed by atoms with Gasteiger partial charge < -0.3 is 19.5 Å². The van der Waals surface area contributed by atoms with Crippen molar-refractivity contribution in [1.82, 2.24) is 9.36 Å². The van der Waals surface area contributed by atoms with Crippen LogP contribution in [0.2, 0.25) is 0 Å². The molecule has 0 spiro atoms. The Morgan fingerprint density at radius 1 is 1.63 bits per heavy atom. The van der Waals surface area contributed by atoms with Crippen molar-refractivity contribution >= 4 is 16.7 Å². The molecule has 0 saturated carbocycles. The second-order valence-corrected chi connectivity index (χ2v) is 5.47. The molecule has 1 aromatic rings. The quantitative estimate of drug-likeness (QED) is 0.831. The predicted octanol–water partition coefficient (Wildman–Crippen LogP) is 0.703. The number of ether oxygens (including phenoxy) is 2. The maximum Gasteiger partial charge on any atom is 0.205 e. The van der Waals surface area contributed by atoms with Crippen molar-refractivity contribution in [3.63, 3.8) is 0 Å². The Morgan fingerprint density at radius 2 is 2.47 bits per heavy atom. The maximum absolute atomic E-state index is 9.56. The normalized spacial score (nSPS) is 21.6. The van der Waals surface area contributed by atoms with Crippen LogP contribution in [0.3, 0.4) is 0 Å². The molecule has 1 aliphatic heterocycles. The van der Waals surface area contributed by atoms with Gasteiger partial charge in [-0.1, -0.05) is 0 Å². The SMILES string of the molecule is COCCc1nsc(N2CCOCC2CC(C)O)n1. The summed E-state index contributed by atoms with van der Waals surface area (Å²) >= 11 is 1.41. The van der Waals surface area contributed by atoms with Gasteiger partial charge in [0, 0.05) is 31.6 Å². The third-order valence-corrected chi connectivity index (χ3v) is 3.86. The molecule has 2 unspecified atom stereocenters. The summed E-state index contributed by atoms with van der Waals surface area (Å²) in [6.45, 7) is 4.57. The van der Waals surface area contributed by atoms with Crippen molar-refractivity contribution in [2.45, 2.75) is 31.9 Å². The van der Waals surface area contributed by atoms with E-state index in [2.05, 4.69) is 14.3 Å². The highest BCUT2D eigenvalue weighted by Crippen LogP contribution is 2.24. The summed E-state index contributed by atoms with van der Waals surface area (Å²) in [5, 5.41) is 10.5. The lowest BCUT2D eigenvalue weighted by atomic mass is 10.1. The van der Waals surface area contributed by atoms with Gasteiger partial charge in [-0.2, -0.15) is 4.37 Å². The van der Waals surface area contributed by atoms with E-state index in [4.69, 9.17) is 9.47 Å². The summed E-state index contributed by atoms with van der Waals surface area (Å²) in [6.07, 6.45) is 1.08. The van der Waals surface area contributed by atoms with Gasteiger partial charge in [0.1, 0.15) is 5.82 Å². The Hall–Kier alpha value is -0.760. The number of aliphatic hydroxyl groups is 1. The first-order valence-corrected chi connectivity index (χ1v) is 7.32. The molecule has 2 atom stereocenters. The van der Waals surface area contributed by atoms with E-state index < -0.39 is 0 Å². The second kappa shape index (κ2) is 7.14. The highest BCUT2D eigenvalue weighted by atomic mass is 32.1. The zero-order chi connectivity index (χ0) is 13.7. The van der Waals surface area contributed by atoms with Gasteiger partial charge in [-0.15, -0.1) is 0 Å².